The van der Waals surface area contributed by atoms with Gasteiger partial charge in [-0.1, -0.05) is 17.7 Å². The largest absolute Gasteiger partial charge is 0.480 e. The minimum absolute atomic E-state index is 0.0144. The van der Waals surface area contributed by atoms with Crippen LogP contribution in [0, 0.1) is 5.82 Å². The molecule has 2 aliphatic rings. The molecular formula is C22H22ClF3N6O5. The van der Waals surface area contributed by atoms with E-state index in [0.29, 0.717) is 0 Å². The average molecular weight is 543 g/mol. The summed E-state index contributed by atoms with van der Waals surface area (Å²) in [6.07, 6.45) is 1.11. The maximum atomic E-state index is 14.6. The number of aromatic nitrogens is 3. The third-order valence-corrected chi connectivity index (χ3v) is 5.92. The molecule has 2 N–H and O–H groups in total. The summed E-state index contributed by atoms with van der Waals surface area (Å²) in [5.74, 6) is -6.04. The number of likely N-dealkylation sites (tertiary alicyclic amines) is 1. The van der Waals surface area contributed by atoms with Crippen LogP contribution in [0.2, 0.25) is 5.02 Å². The Balaban J connectivity index is 1.74. The molecule has 0 radical (unpaired) electrons. The summed E-state index contributed by atoms with van der Waals surface area (Å²) in [5, 5.41) is 19.8. The Bertz CT molecular complexity index is 1240. The molecule has 1 aromatic carbocycles. The number of aliphatic imine (C=N–C) groups is 1. The maximum absolute atomic E-state index is 14.6. The van der Waals surface area contributed by atoms with Crippen LogP contribution in [0.25, 0.3) is 0 Å². The molecule has 1 aromatic heterocycles. The molecule has 2 atom stereocenters. The minimum atomic E-state index is -3.34. The molecule has 0 spiro atoms. The summed E-state index contributed by atoms with van der Waals surface area (Å²) in [6, 6.07) is 2.47. The van der Waals surface area contributed by atoms with E-state index < -0.39 is 49.0 Å². The number of nitrogens with zero attached hydrogens (tertiary/aromatic N) is 5. The fourth-order valence-electron chi connectivity index (χ4n) is 4.05. The molecule has 37 heavy (non-hydrogen) atoms. The van der Waals surface area contributed by atoms with Crippen molar-refractivity contribution in [3.63, 3.8) is 0 Å². The first-order valence-electron chi connectivity index (χ1n) is 11.1. The fourth-order valence-corrected chi connectivity index (χ4v) is 4.32. The molecule has 4 rings (SSSR count). The SMILES string of the molecule is CCOC(=O)C1=C(CN2CC(OCC(=O)O)C(F)(F)C2)NC(n2nccn2)=N[C@H]1c1ccc(F)cc1Cl. The van der Waals surface area contributed by atoms with Gasteiger partial charge in [0, 0.05) is 29.4 Å². The number of carboxylic acids is 1. The number of ether oxygens (including phenoxy) is 2. The molecule has 0 aliphatic carbocycles. The van der Waals surface area contributed by atoms with Crippen molar-refractivity contribution >= 4 is 29.5 Å². The molecule has 11 nitrogen and oxygen atoms in total. The van der Waals surface area contributed by atoms with Crippen molar-refractivity contribution in [2.45, 2.75) is 25.0 Å². The molecule has 0 amide bonds. The lowest BCUT2D eigenvalue weighted by atomic mass is 9.95. The summed E-state index contributed by atoms with van der Waals surface area (Å²) in [6.45, 7) is -0.545. The van der Waals surface area contributed by atoms with Gasteiger partial charge in [0.2, 0.25) is 5.96 Å². The molecule has 1 unspecified atom stereocenters. The molecule has 3 heterocycles. The van der Waals surface area contributed by atoms with Gasteiger partial charge in [-0.3, -0.25) is 4.90 Å². The number of carboxylic acid groups (broad SMARTS) is 1. The maximum Gasteiger partial charge on any atom is 0.338 e. The molecule has 1 saturated heterocycles. The van der Waals surface area contributed by atoms with Gasteiger partial charge >= 0.3 is 11.9 Å². The standard InChI is InChI=1S/C22H22ClF3N6O5/c1-2-36-20(35)18-15(8-31-9-16(22(25,26)11-31)37-10-17(33)34)29-21(32-27-5-6-28-32)30-19(18)13-4-3-12(24)7-14(13)23/h3-7,16,19H,2,8-11H2,1H3,(H,29,30)(H,33,34)/t16?,19-/m0/s1. The van der Waals surface area contributed by atoms with E-state index in [1.54, 1.807) is 6.92 Å². The van der Waals surface area contributed by atoms with Crippen LogP contribution < -0.4 is 5.32 Å². The Morgan fingerprint density at radius 1 is 1.30 bits per heavy atom. The van der Waals surface area contributed by atoms with Gasteiger partial charge in [-0.25, -0.2) is 27.8 Å². The number of nitrogens with one attached hydrogen (secondary N) is 1. The van der Waals surface area contributed by atoms with Crippen molar-refractivity contribution in [3.05, 3.63) is 58.3 Å². The molecule has 2 aromatic rings. The quantitative estimate of drug-likeness (QED) is 0.480. The molecule has 1 fully saturated rings. The number of benzene rings is 1. The number of aliphatic carboxylic acids is 1. The summed E-state index contributed by atoms with van der Waals surface area (Å²) >= 11 is 6.30. The highest BCUT2D eigenvalue weighted by atomic mass is 35.5. The first kappa shape index (κ1) is 26.6. The van der Waals surface area contributed by atoms with E-state index in [9.17, 15) is 22.8 Å². The summed E-state index contributed by atoms with van der Waals surface area (Å²) < 4.78 is 53.1. The molecule has 2 aliphatic heterocycles. The van der Waals surface area contributed by atoms with Gasteiger partial charge in [0.05, 0.1) is 31.1 Å². The van der Waals surface area contributed by atoms with Crippen LogP contribution in [-0.4, -0.2) is 87.8 Å². The van der Waals surface area contributed by atoms with Crippen molar-refractivity contribution < 1.29 is 37.3 Å². The lowest BCUT2D eigenvalue weighted by Gasteiger charge is -2.29. The zero-order chi connectivity index (χ0) is 26.7. The lowest BCUT2D eigenvalue weighted by Crippen LogP contribution is -2.42. The molecule has 0 bridgehead atoms. The predicted octanol–water partition coefficient (Wildman–Crippen LogP) is 1.86. The molecular weight excluding hydrogens is 521 g/mol. The van der Waals surface area contributed by atoms with Crippen LogP contribution in [0.5, 0.6) is 0 Å². The molecule has 198 valence electrons. The highest BCUT2D eigenvalue weighted by molar-refractivity contribution is 6.31. The lowest BCUT2D eigenvalue weighted by molar-refractivity contribution is -0.152. The summed E-state index contributed by atoms with van der Waals surface area (Å²) in [4.78, 5) is 30.8. The van der Waals surface area contributed by atoms with Crippen LogP contribution in [0.1, 0.15) is 18.5 Å². The monoisotopic (exact) mass is 542 g/mol. The second kappa shape index (κ2) is 10.9. The first-order valence-corrected chi connectivity index (χ1v) is 11.5. The van der Waals surface area contributed by atoms with Crippen LogP contribution in [0.3, 0.4) is 0 Å². The van der Waals surface area contributed by atoms with E-state index in [2.05, 4.69) is 20.5 Å². The normalized spacial score (nSPS) is 21.5. The Morgan fingerprint density at radius 3 is 2.68 bits per heavy atom. The number of hydrogen-bond donors (Lipinski definition) is 2. The highest BCUT2D eigenvalue weighted by Gasteiger charge is 2.49. The summed E-state index contributed by atoms with van der Waals surface area (Å²) in [7, 11) is 0. The number of halogens is 4. The van der Waals surface area contributed by atoms with Gasteiger partial charge in [0.15, 0.2) is 0 Å². The van der Waals surface area contributed by atoms with Gasteiger partial charge in [0.1, 0.15) is 24.6 Å². The summed E-state index contributed by atoms with van der Waals surface area (Å²) in [5.41, 5.74) is 0.398. The van der Waals surface area contributed by atoms with Gasteiger partial charge in [0.25, 0.3) is 5.92 Å². The van der Waals surface area contributed by atoms with Crippen LogP contribution in [-0.2, 0) is 19.1 Å². The Kier molecular flexibility index (Phi) is 7.80. The topological polar surface area (TPSA) is 131 Å². The van der Waals surface area contributed by atoms with E-state index in [0.717, 1.165) is 16.9 Å². The number of rotatable bonds is 8. The Labute approximate surface area is 213 Å². The number of esters is 1. The molecule has 15 heteroatoms. The van der Waals surface area contributed by atoms with E-state index >= 15 is 0 Å². The van der Waals surface area contributed by atoms with Gasteiger partial charge in [-0.05, 0) is 19.1 Å². The van der Waals surface area contributed by atoms with Gasteiger partial charge in [-0.15, -0.1) is 4.80 Å². The van der Waals surface area contributed by atoms with Crippen molar-refractivity contribution in [2.75, 3.05) is 32.8 Å². The van der Waals surface area contributed by atoms with Gasteiger partial charge in [-0.2, -0.15) is 10.2 Å². The van der Waals surface area contributed by atoms with E-state index in [-0.39, 0.29) is 47.5 Å². The zero-order valence-electron chi connectivity index (χ0n) is 19.4. The third kappa shape index (κ3) is 5.92. The zero-order valence-corrected chi connectivity index (χ0v) is 20.2. The van der Waals surface area contributed by atoms with Crippen LogP contribution in [0.15, 0.2) is 46.9 Å². The number of carbonyl (C=O) groups is 2. The second-order valence-corrected chi connectivity index (χ2v) is 8.61. The average Bonchev–Trinajstić information content (AvgIpc) is 3.45. The minimum Gasteiger partial charge on any atom is -0.480 e. The van der Waals surface area contributed by atoms with Gasteiger partial charge < -0.3 is 19.9 Å². The number of hydrogen-bond acceptors (Lipinski definition) is 9. The van der Waals surface area contributed by atoms with E-state index in [1.807, 2.05) is 0 Å². The predicted molar refractivity (Wildman–Crippen MR) is 123 cm³/mol. The smallest absolute Gasteiger partial charge is 0.338 e. The van der Waals surface area contributed by atoms with E-state index in [1.165, 1.54) is 23.4 Å². The Morgan fingerprint density at radius 2 is 2.03 bits per heavy atom. The number of alkyl halides is 2. The number of carbonyl (C=O) groups excluding carboxylic acids is 1. The van der Waals surface area contributed by atoms with Crippen molar-refractivity contribution in [1.29, 1.82) is 0 Å². The fraction of sp³-hybridized carbons (Fsp3) is 0.409. The van der Waals surface area contributed by atoms with Crippen molar-refractivity contribution in [3.8, 4) is 0 Å². The van der Waals surface area contributed by atoms with Crippen molar-refractivity contribution in [1.82, 2.24) is 25.2 Å². The molecule has 0 saturated carbocycles. The third-order valence-electron chi connectivity index (χ3n) is 5.59. The Hall–Kier alpha value is -3.49. The first-order chi connectivity index (χ1) is 17.6. The van der Waals surface area contributed by atoms with E-state index in [4.69, 9.17) is 26.2 Å². The highest BCUT2D eigenvalue weighted by Crippen LogP contribution is 2.37. The van der Waals surface area contributed by atoms with Crippen molar-refractivity contribution in [2.24, 2.45) is 4.99 Å². The second-order valence-electron chi connectivity index (χ2n) is 8.20. The van der Waals surface area contributed by atoms with Crippen LogP contribution >= 0.6 is 11.6 Å². The van der Waals surface area contributed by atoms with Crippen LogP contribution in [0.4, 0.5) is 13.2 Å².